The summed E-state index contributed by atoms with van der Waals surface area (Å²) >= 11 is 1.51. The summed E-state index contributed by atoms with van der Waals surface area (Å²) in [4.78, 5) is 15.8. The van der Waals surface area contributed by atoms with Crippen molar-refractivity contribution < 1.29 is 14.3 Å². The Morgan fingerprint density at radius 2 is 2.00 bits per heavy atom. The fourth-order valence-electron chi connectivity index (χ4n) is 3.10. The Morgan fingerprint density at radius 1 is 1.22 bits per heavy atom. The minimum atomic E-state index is -0.0499. The standard InChI is InChI=1S/C21H28N2O3S/c1-4-23(5-2)11-12-26-19-14-16(8-9-18(19)25-3)22-21(24)20-17(10-13-27-20)15-6-7-15/h8-10,13-15H,4-7,11-12H2,1-3H3,(H,22,24). The van der Waals surface area contributed by atoms with Crippen LogP contribution in [0, 0.1) is 0 Å². The number of nitrogens with one attached hydrogen (secondary N) is 1. The molecule has 3 rings (SSSR count). The van der Waals surface area contributed by atoms with Crippen LogP contribution in [0.4, 0.5) is 5.69 Å². The van der Waals surface area contributed by atoms with Crippen LogP contribution in [-0.4, -0.2) is 44.2 Å². The van der Waals surface area contributed by atoms with Gasteiger partial charge in [0.25, 0.3) is 5.91 Å². The number of hydrogen-bond donors (Lipinski definition) is 1. The third-order valence-corrected chi connectivity index (χ3v) is 5.83. The highest BCUT2D eigenvalue weighted by Gasteiger charge is 2.29. The summed E-state index contributed by atoms with van der Waals surface area (Å²) in [5, 5.41) is 5.00. The number of amides is 1. The Balaban J connectivity index is 1.66. The summed E-state index contributed by atoms with van der Waals surface area (Å²) < 4.78 is 11.3. The third-order valence-electron chi connectivity index (χ3n) is 4.90. The normalized spacial score (nSPS) is 13.6. The van der Waals surface area contributed by atoms with Crippen LogP contribution in [0.25, 0.3) is 0 Å². The molecule has 1 aliphatic carbocycles. The maximum absolute atomic E-state index is 12.7. The van der Waals surface area contributed by atoms with Crippen LogP contribution in [0.2, 0.25) is 0 Å². The Labute approximate surface area is 165 Å². The zero-order valence-corrected chi connectivity index (χ0v) is 17.1. The van der Waals surface area contributed by atoms with Crippen molar-refractivity contribution in [2.45, 2.75) is 32.6 Å². The molecule has 0 spiro atoms. The second-order valence-electron chi connectivity index (χ2n) is 6.67. The molecule has 27 heavy (non-hydrogen) atoms. The number of carbonyl (C=O) groups excluding carboxylic acids is 1. The van der Waals surface area contributed by atoms with E-state index in [0.717, 1.165) is 24.5 Å². The van der Waals surface area contributed by atoms with Gasteiger partial charge < -0.3 is 19.7 Å². The van der Waals surface area contributed by atoms with Crippen LogP contribution in [0.1, 0.15) is 47.8 Å². The van der Waals surface area contributed by atoms with Crippen molar-refractivity contribution in [1.29, 1.82) is 0 Å². The van der Waals surface area contributed by atoms with Crippen molar-refractivity contribution in [3.63, 3.8) is 0 Å². The van der Waals surface area contributed by atoms with Crippen LogP contribution in [-0.2, 0) is 0 Å². The molecule has 1 amide bonds. The van der Waals surface area contributed by atoms with Gasteiger partial charge in [-0.05, 0) is 61.0 Å². The maximum atomic E-state index is 12.7. The first-order valence-electron chi connectivity index (χ1n) is 9.58. The van der Waals surface area contributed by atoms with Gasteiger partial charge in [-0.25, -0.2) is 0 Å². The van der Waals surface area contributed by atoms with Gasteiger partial charge in [0.05, 0.1) is 12.0 Å². The van der Waals surface area contributed by atoms with Gasteiger partial charge in [-0.3, -0.25) is 4.79 Å². The van der Waals surface area contributed by atoms with E-state index in [0.29, 0.717) is 29.7 Å². The van der Waals surface area contributed by atoms with E-state index in [1.807, 2.05) is 23.6 Å². The Hall–Kier alpha value is -2.05. The van der Waals surface area contributed by atoms with E-state index in [9.17, 15) is 4.79 Å². The lowest BCUT2D eigenvalue weighted by Crippen LogP contribution is -2.28. The summed E-state index contributed by atoms with van der Waals surface area (Å²) in [7, 11) is 1.62. The molecule has 1 aromatic heterocycles. The lowest BCUT2D eigenvalue weighted by Gasteiger charge is -2.19. The minimum Gasteiger partial charge on any atom is -0.493 e. The van der Waals surface area contributed by atoms with Crippen molar-refractivity contribution in [2.24, 2.45) is 0 Å². The molecule has 1 fully saturated rings. The van der Waals surface area contributed by atoms with Crippen LogP contribution in [0.3, 0.4) is 0 Å². The molecule has 1 aromatic carbocycles. The molecular formula is C21H28N2O3S. The van der Waals surface area contributed by atoms with Gasteiger partial charge in [0.2, 0.25) is 0 Å². The van der Waals surface area contributed by atoms with Gasteiger partial charge >= 0.3 is 0 Å². The van der Waals surface area contributed by atoms with Gasteiger partial charge in [-0.1, -0.05) is 13.8 Å². The van der Waals surface area contributed by atoms with Gasteiger partial charge in [0.15, 0.2) is 11.5 Å². The molecule has 2 aromatic rings. The Bertz CT molecular complexity index is 767. The third kappa shape index (κ3) is 5.02. The number of rotatable bonds is 10. The quantitative estimate of drug-likeness (QED) is 0.646. The highest BCUT2D eigenvalue weighted by Crippen LogP contribution is 2.43. The number of thiophene rings is 1. The van der Waals surface area contributed by atoms with Gasteiger partial charge in [-0.2, -0.15) is 0 Å². The average molecular weight is 389 g/mol. The van der Waals surface area contributed by atoms with Crippen molar-refractivity contribution in [1.82, 2.24) is 4.90 Å². The summed E-state index contributed by atoms with van der Waals surface area (Å²) in [6.07, 6.45) is 2.37. The maximum Gasteiger partial charge on any atom is 0.266 e. The van der Waals surface area contributed by atoms with Crippen molar-refractivity contribution >= 4 is 22.9 Å². The highest BCUT2D eigenvalue weighted by molar-refractivity contribution is 7.12. The first-order chi connectivity index (χ1) is 13.2. The van der Waals surface area contributed by atoms with E-state index in [1.54, 1.807) is 7.11 Å². The molecule has 0 bridgehead atoms. The van der Waals surface area contributed by atoms with Crippen LogP contribution >= 0.6 is 11.3 Å². The molecule has 1 aliphatic rings. The lowest BCUT2D eigenvalue weighted by atomic mass is 10.1. The molecule has 6 heteroatoms. The molecule has 1 heterocycles. The number of carbonyl (C=O) groups is 1. The molecule has 1 N–H and O–H groups in total. The second-order valence-corrected chi connectivity index (χ2v) is 7.59. The van der Waals surface area contributed by atoms with E-state index in [2.05, 4.69) is 30.1 Å². The topological polar surface area (TPSA) is 50.8 Å². The molecule has 0 atom stereocenters. The first kappa shape index (κ1) is 19.7. The van der Waals surface area contributed by atoms with Gasteiger partial charge in [-0.15, -0.1) is 11.3 Å². The van der Waals surface area contributed by atoms with Crippen molar-refractivity contribution in [3.05, 3.63) is 40.1 Å². The molecule has 1 saturated carbocycles. The van der Waals surface area contributed by atoms with E-state index < -0.39 is 0 Å². The molecule has 146 valence electrons. The van der Waals surface area contributed by atoms with Crippen LogP contribution < -0.4 is 14.8 Å². The molecule has 5 nitrogen and oxygen atoms in total. The summed E-state index contributed by atoms with van der Waals surface area (Å²) in [6, 6.07) is 7.59. The number of nitrogens with zero attached hydrogens (tertiary/aromatic N) is 1. The number of likely N-dealkylation sites (N-methyl/N-ethyl adjacent to an activating group) is 1. The summed E-state index contributed by atoms with van der Waals surface area (Å²) in [5.74, 6) is 1.83. The van der Waals surface area contributed by atoms with Crippen LogP contribution in [0.15, 0.2) is 29.6 Å². The van der Waals surface area contributed by atoms with E-state index >= 15 is 0 Å². The average Bonchev–Trinajstić information content (AvgIpc) is 3.41. The SMILES string of the molecule is CCN(CC)CCOc1cc(NC(=O)c2sccc2C2CC2)ccc1OC. The van der Waals surface area contributed by atoms with Crippen LogP contribution in [0.5, 0.6) is 11.5 Å². The largest absolute Gasteiger partial charge is 0.493 e. The molecule has 0 radical (unpaired) electrons. The van der Waals surface area contributed by atoms with Gasteiger partial charge in [0.1, 0.15) is 6.61 Å². The summed E-state index contributed by atoms with van der Waals surface area (Å²) in [5.41, 5.74) is 1.90. The summed E-state index contributed by atoms with van der Waals surface area (Å²) in [6.45, 7) is 7.70. The highest BCUT2D eigenvalue weighted by atomic mass is 32.1. The van der Waals surface area contributed by atoms with Gasteiger partial charge in [0, 0.05) is 18.3 Å². The number of benzene rings is 1. The van der Waals surface area contributed by atoms with E-state index in [4.69, 9.17) is 9.47 Å². The predicted molar refractivity (Wildman–Crippen MR) is 111 cm³/mol. The Morgan fingerprint density at radius 3 is 2.67 bits per heavy atom. The number of ether oxygens (including phenoxy) is 2. The Kier molecular flexibility index (Phi) is 6.74. The molecular weight excluding hydrogens is 360 g/mol. The van der Waals surface area contributed by atoms with Crippen molar-refractivity contribution in [2.75, 3.05) is 38.7 Å². The first-order valence-corrected chi connectivity index (χ1v) is 10.5. The fraction of sp³-hybridized carbons (Fsp3) is 0.476. The second kappa shape index (κ2) is 9.24. The number of hydrogen-bond acceptors (Lipinski definition) is 5. The van der Waals surface area contributed by atoms with Crippen molar-refractivity contribution in [3.8, 4) is 11.5 Å². The fourth-order valence-corrected chi connectivity index (χ4v) is 3.98. The lowest BCUT2D eigenvalue weighted by molar-refractivity contribution is 0.102. The van der Waals surface area contributed by atoms with E-state index in [1.165, 1.54) is 29.7 Å². The molecule has 0 unspecified atom stereocenters. The zero-order valence-electron chi connectivity index (χ0n) is 16.3. The minimum absolute atomic E-state index is 0.0499. The van der Waals surface area contributed by atoms with E-state index in [-0.39, 0.29) is 5.91 Å². The zero-order chi connectivity index (χ0) is 19.2. The monoisotopic (exact) mass is 388 g/mol. The predicted octanol–water partition coefficient (Wildman–Crippen LogP) is 4.61. The number of anilines is 1. The number of methoxy groups -OCH3 is 1. The smallest absolute Gasteiger partial charge is 0.266 e. The molecule has 0 saturated heterocycles. The molecule has 0 aliphatic heterocycles.